The highest BCUT2D eigenvalue weighted by molar-refractivity contribution is 7.15. The summed E-state index contributed by atoms with van der Waals surface area (Å²) in [5.74, 6) is -0.285. The normalized spacial score (nSPS) is 10.9. The molecule has 0 atom stereocenters. The second-order valence-electron chi connectivity index (χ2n) is 5.97. The SMILES string of the molecule is Cc1cc(C(=O)Nc2nc3scc(-c4ccc(Cl)cc4)n3n2)ccc1[N+](=O)[O-]. The molecule has 2 aromatic carbocycles. The van der Waals surface area contributed by atoms with Gasteiger partial charge < -0.3 is 0 Å². The molecule has 0 saturated carbocycles. The number of halogens is 1. The van der Waals surface area contributed by atoms with Crippen molar-refractivity contribution in [3.63, 3.8) is 0 Å². The van der Waals surface area contributed by atoms with Crippen LogP contribution in [-0.4, -0.2) is 25.4 Å². The average molecular weight is 414 g/mol. The quantitative estimate of drug-likeness (QED) is 0.389. The molecule has 140 valence electrons. The number of nitro groups is 1. The third kappa shape index (κ3) is 3.32. The summed E-state index contributed by atoms with van der Waals surface area (Å²) in [6.45, 7) is 1.58. The molecule has 1 N–H and O–H groups in total. The Bertz CT molecular complexity index is 1220. The van der Waals surface area contributed by atoms with Crippen molar-refractivity contribution in [3.8, 4) is 11.3 Å². The van der Waals surface area contributed by atoms with E-state index in [1.807, 2.05) is 17.5 Å². The number of hydrogen-bond acceptors (Lipinski definition) is 6. The van der Waals surface area contributed by atoms with Crippen LogP contribution in [0, 0.1) is 17.0 Å². The van der Waals surface area contributed by atoms with Crippen LogP contribution in [0.25, 0.3) is 16.2 Å². The van der Waals surface area contributed by atoms with Crippen LogP contribution >= 0.6 is 22.9 Å². The molecule has 0 bridgehead atoms. The Kier molecular flexibility index (Phi) is 4.54. The van der Waals surface area contributed by atoms with Crippen LogP contribution in [-0.2, 0) is 0 Å². The Labute approximate surface area is 167 Å². The standard InChI is InChI=1S/C18H12ClN5O3S/c1-10-8-12(4-7-14(10)24(26)27)16(25)20-17-21-18-23(22-17)15(9-28-18)11-2-5-13(19)6-3-11/h2-9H,1H3,(H,20,22,25). The molecule has 0 fully saturated rings. The zero-order valence-corrected chi connectivity index (χ0v) is 16.0. The molecule has 0 radical (unpaired) electrons. The maximum Gasteiger partial charge on any atom is 0.272 e. The highest BCUT2D eigenvalue weighted by Crippen LogP contribution is 2.27. The van der Waals surface area contributed by atoms with E-state index < -0.39 is 10.8 Å². The molecule has 28 heavy (non-hydrogen) atoms. The number of aryl methyl sites for hydroxylation is 1. The largest absolute Gasteiger partial charge is 0.289 e. The zero-order chi connectivity index (χ0) is 19.8. The number of amides is 1. The van der Waals surface area contributed by atoms with Crippen molar-refractivity contribution in [1.82, 2.24) is 14.6 Å². The molecule has 2 aromatic heterocycles. The van der Waals surface area contributed by atoms with Crippen LogP contribution in [0.1, 0.15) is 15.9 Å². The van der Waals surface area contributed by atoms with Crippen LogP contribution in [0.5, 0.6) is 0 Å². The van der Waals surface area contributed by atoms with E-state index in [1.54, 1.807) is 23.6 Å². The monoisotopic (exact) mass is 413 g/mol. The maximum atomic E-state index is 12.5. The average Bonchev–Trinajstić information content (AvgIpc) is 3.22. The summed E-state index contributed by atoms with van der Waals surface area (Å²) >= 11 is 7.33. The van der Waals surface area contributed by atoms with E-state index in [2.05, 4.69) is 15.4 Å². The number of hydrogen-bond donors (Lipinski definition) is 1. The van der Waals surface area contributed by atoms with Gasteiger partial charge in [0.25, 0.3) is 17.5 Å². The summed E-state index contributed by atoms with van der Waals surface area (Å²) in [7, 11) is 0. The van der Waals surface area contributed by atoms with Crippen LogP contribution in [0.3, 0.4) is 0 Å². The van der Waals surface area contributed by atoms with Crippen molar-refractivity contribution >= 4 is 45.4 Å². The first-order valence-electron chi connectivity index (χ1n) is 8.09. The second-order valence-corrected chi connectivity index (χ2v) is 7.24. The Morgan fingerprint density at radius 2 is 2.00 bits per heavy atom. The van der Waals surface area contributed by atoms with E-state index in [-0.39, 0.29) is 11.6 Å². The summed E-state index contributed by atoms with van der Waals surface area (Å²) < 4.78 is 1.64. The molecule has 0 aliphatic heterocycles. The van der Waals surface area contributed by atoms with Gasteiger partial charge in [0.1, 0.15) is 0 Å². The Hall–Kier alpha value is -3.30. The molecule has 10 heteroatoms. The van der Waals surface area contributed by atoms with Gasteiger partial charge in [0.05, 0.1) is 10.6 Å². The van der Waals surface area contributed by atoms with Gasteiger partial charge >= 0.3 is 0 Å². The van der Waals surface area contributed by atoms with E-state index in [9.17, 15) is 14.9 Å². The zero-order valence-electron chi connectivity index (χ0n) is 14.4. The lowest BCUT2D eigenvalue weighted by Crippen LogP contribution is -2.13. The summed E-state index contributed by atoms with van der Waals surface area (Å²) in [4.78, 5) is 27.8. The fourth-order valence-electron chi connectivity index (χ4n) is 2.73. The number of anilines is 1. The number of nitrogens with one attached hydrogen (secondary N) is 1. The predicted molar refractivity (Wildman–Crippen MR) is 107 cm³/mol. The van der Waals surface area contributed by atoms with E-state index in [0.29, 0.717) is 21.1 Å². The first-order chi connectivity index (χ1) is 13.4. The summed E-state index contributed by atoms with van der Waals surface area (Å²) in [5.41, 5.74) is 2.41. The molecule has 8 nitrogen and oxygen atoms in total. The van der Waals surface area contributed by atoms with Crippen LogP contribution in [0.2, 0.25) is 5.02 Å². The van der Waals surface area contributed by atoms with Gasteiger partial charge in [-0.05, 0) is 31.2 Å². The van der Waals surface area contributed by atoms with Crippen molar-refractivity contribution in [3.05, 3.63) is 74.1 Å². The van der Waals surface area contributed by atoms with Crippen molar-refractivity contribution in [1.29, 1.82) is 0 Å². The minimum absolute atomic E-state index is 0.0372. The van der Waals surface area contributed by atoms with E-state index in [1.165, 1.54) is 29.5 Å². The van der Waals surface area contributed by atoms with Gasteiger partial charge in [0, 0.05) is 33.2 Å². The number of carbonyl (C=O) groups excluding carboxylic acids is 1. The van der Waals surface area contributed by atoms with E-state index in [4.69, 9.17) is 11.6 Å². The summed E-state index contributed by atoms with van der Waals surface area (Å²) in [6.07, 6.45) is 0. The van der Waals surface area contributed by atoms with Gasteiger partial charge in [0.2, 0.25) is 4.96 Å². The minimum Gasteiger partial charge on any atom is -0.289 e. The van der Waals surface area contributed by atoms with Gasteiger partial charge in [-0.2, -0.15) is 4.98 Å². The first-order valence-corrected chi connectivity index (χ1v) is 9.35. The lowest BCUT2D eigenvalue weighted by atomic mass is 10.1. The molecular weight excluding hydrogens is 402 g/mol. The predicted octanol–water partition coefficient (Wildman–Crippen LogP) is 4.58. The highest BCUT2D eigenvalue weighted by atomic mass is 35.5. The smallest absolute Gasteiger partial charge is 0.272 e. The molecule has 4 aromatic rings. The number of benzene rings is 2. The molecule has 2 heterocycles. The van der Waals surface area contributed by atoms with Crippen LogP contribution < -0.4 is 5.32 Å². The first kappa shape index (κ1) is 18.1. The number of carbonyl (C=O) groups is 1. The number of aromatic nitrogens is 3. The third-order valence-electron chi connectivity index (χ3n) is 4.10. The molecule has 0 aliphatic carbocycles. The van der Waals surface area contributed by atoms with Crippen LogP contribution in [0.4, 0.5) is 11.6 Å². The van der Waals surface area contributed by atoms with Gasteiger partial charge in [0.15, 0.2) is 0 Å². The molecule has 4 rings (SSSR count). The Morgan fingerprint density at radius 1 is 1.25 bits per heavy atom. The summed E-state index contributed by atoms with van der Waals surface area (Å²) in [6, 6.07) is 11.5. The van der Waals surface area contributed by atoms with Crippen LogP contribution in [0.15, 0.2) is 47.8 Å². The molecule has 0 aliphatic rings. The second kappa shape index (κ2) is 7.02. The van der Waals surface area contributed by atoms with Crippen molar-refractivity contribution in [2.24, 2.45) is 0 Å². The van der Waals surface area contributed by atoms with Gasteiger partial charge in [-0.25, -0.2) is 4.52 Å². The fourth-order valence-corrected chi connectivity index (χ4v) is 3.69. The Morgan fingerprint density at radius 3 is 2.68 bits per heavy atom. The molecule has 1 amide bonds. The van der Waals surface area contributed by atoms with Gasteiger partial charge in [-0.1, -0.05) is 23.7 Å². The third-order valence-corrected chi connectivity index (χ3v) is 5.17. The van der Waals surface area contributed by atoms with E-state index in [0.717, 1.165) is 11.3 Å². The minimum atomic E-state index is -0.486. The Balaban J connectivity index is 1.60. The van der Waals surface area contributed by atoms with Crippen molar-refractivity contribution in [2.75, 3.05) is 5.32 Å². The number of nitrogens with zero attached hydrogens (tertiary/aromatic N) is 4. The van der Waals surface area contributed by atoms with Gasteiger partial charge in [-0.3, -0.25) is 20.2 Å². The van der Waals surface area contributed by atoms with E-state index >= 15 is 0 Å². The summed E-state index contributed by atoms with van der Waals surface area (Å²) in [5, 5.41) is 20.4. The van der Waals surface area contributed by atoms with Crippen molar-refractivity contribution < 1.29 is 9.72 Å². The molecule has 0 spiro atoms. The number of fused-ring (bicyclic) bond motifs is 1. The number of nitro benzene ring substituents is 1. The van der Waals surface area contributed by atoms with Gasteiger partial charge in [-0.15, -0.1) is 16.4 Å². The topological polar surface area (TPSA) is 102 Å². The molecule has 0 saturated heterocycles. The maximum absolute atomic E-state index is 12.5. The van der Waals surface area contributed by atoms with Crippen molar-refractivity contribution in [2.45, 2.75) is 6.92 Å². The lowest BCUT2D eigenvalue weighted by molar-refractivity contribution is -0.385. The molecule has 0 unspecified atom stereocenters. The number of thiazole rings is 1. The fraction of sp³-hybridized carbons (Fsp3) is 0.0556. The number of rotatable bonds is 4. The highest BCUT2D eigenvalue weighted by Gasteiger charge is 2.17. The lowest BCUT2D eigenvalue weighted by Gasteiger charge is -2.03. The molecular formula is C18H12ClN5O3S.